The van der Waals surface area contributed by atoms with E-state index in [1.54, 1.807) is 22.9 Å². The lowest BCUT2D eigenvalue weighted by molar-refractivity contribution is -0.117. The minimum absolute atomic E-state index is 0.0249. The molecule has 0 saturated heterocycles. The molecule has 0 fully saturated rings. The van der Waals surface area contributed by atoms with Crippen molar-refractivity contribution in [2.24, 2.45) is 0 Å². The molecule has 170 valence electrons. The summed E-state index contributed by atoms with van der Waals surface area (Å²) in [6.07, 6.45) is 4.91. The Morgan fingerprint density at radius 2 is 2.03 bits per heavy atom. The van der Waals surface area contributed by atoms with Gasteiger partial charge in [0.2, 0.25) is 0 Å². The van der Waals surface area contributed by atoms with Crippen molar-refractivity contribution in [3.63, 3.8) is 0 Å². The van der Waals surface area contributed by atoms with Gasteiger partial charge in [0.15, 0.2) is 0 Å². The van der Waals surface area contributed by atoms with Crippen LogP contribution in [0.3, 0.4) is 0 Å². The summed E-state index contributed by atoms with van der Waals surface area (Å²) >= 11 is 0. The van der Waals surface area contributed by atoms with E-state index in [1.807, 2.05) is 74.6 Å². The summed E-state index contributed by atoms with van der Waals surface area (Å²) in [5.74, 6) is 0.925. The Kier molecular flexibility index (Phi) is 6.89. The van der Waals surface area contributed by atoms with Crippen LogP contribution in [0.15, 0.2) is 83.1 Å². The van der Waals surface area contributed by atoms with E-state index in [9.17, 15) is 10.1 Å². The van der Waals surface area contributed by atoms with Crippen molar-refractivity contribution >= 4 is 12.0 Å². The third-order valence-corrected chi connectivity index (χ3v) is 5.18. The third kappa shape index (κ3) is 5.08. The monoisotopic (exact) mass is 452 g/mol. The van der Waals surface area contributed by atoms with Crippen molar-refractivity contribution in [2.45, 2.75) is 20.4 Å². The highest BCUT2D eigenvalue weighted by molar-refractivity contribution is 6.02. The molecule has 1 N–H and O–H groups in total. The van der Waals surface area contributed by atoms with Gasteiger partial charge in [-0.15, -0.1) is 0 Å². The van der Waals surface area contributed by atoms with Crippen LogP contribution < -0.4 is 10.1 Å². The van der Waals surface area contributed by atoms with E-state index in [-0.39, 0.29) is 12.1 Å². The molecule has 0 unspecified atom stereocenters. The number of amides is 1. The van der Waals surface area contributed by atoms with Gasteiger partial charge < -0.3 is 14.5 Å². The van der Waals surface area contributed by atoms with Crippen molar-refractivity contribution in [1.82, 2.24) is 15.1 Å². The summed E-state index contributed by atoms with van der Waals surface area (Å²) < 4.78 is 12.6. The number of carbonyl (C=O) groups excluding carboxylic acids is 1. The molecule has 2 aromatic heterocycles. The Morgan fingerprint density at radius 3 is 2.71 bits per heavy atom. The van der Waals surface area contributed by atoms with Crippen LogP contribution in [0.4, 0.5) is 0 Å². The molecule has 0 aliphatic carbocycles. The van der Waals surface area contributed by atoms with Crippen LogP contribution in [-0.2, 0) is 11.3 Å². The van der Waals surface area contributed by atoms with E-state index in [0.717, 1.165) is 22.6 Å². The highest BCUT2D eigenvalue weighted by atomic mass is 16.5. The molecule has 2 aromatic carbocycles. The Hall–Kier alpha value is -4.57. The number of furan rings is 1. The molecular weight excluding hydrogens is 428 g/mol. The lowest BCUT2D eigenvalue weighted by atomic mass is 10.0. The fourth-order valence-electron chi connectivity index (χ4n) is 3.52. The molecule has 0 saturated carbocycles. The number of benzene rings is 2. The summed E-state index contributed by atoms with van der Waals surface area (Å²) in [5, 5.41) is 17.2. The highest BCUT2D eigenvalue weighted by Crippen LogP contribution is 2.30. The lowest BCUT2D eigenvalue weighted by Crippen LogP contribution is -2.23. The quantitative estimate of drug-likeness (QED) is 0.298. The van der Waals surface area contributed by atoms with Gasteiger partial charge >= 0.3 is 0 Å². The zero-order valence-corrected chi connectivity index (χ0v) is 19.0. The average molecular weight is 453 g/mol. The molecule has 0 aliphatic heterocycles. The molecular formula is C27H24N4O3. The number of rotatable bonds is 8. The molecule has 4 rings (SSSR count). The van der Waals surface area contributed by atoms with E-state index < -0.39 is 5.91 Å². The maximum atomic E-state index is 12.7. The van der Waals surface area contributed by atoms with Gasteiger partial charge in [-0.25, -0.2) is 4.68 Å². The summed E-state index contributed by atoms with van der Waals surface area (Å²) in [5.41, 5.74) is 3.98. The molecule has 1 amide bonds. The second-order valence-electron chi connectivity index (χ2n) is 7.56. The first kappa shape index (κ1) is 22.6. The summed E-state index contributed by atoms with van der Waals surface area (Å²) in [6.45, 7) is 4.69. The molecule has 0 spiro atoms. The van der Waals surface area contributed by atoms with Crippen molar-refractivity contribution in [2.75, 3.05) is 6.61 Å². The topological polar surface area (TPSA) is 93.1 Å². The molecule has 34 heavy (non-hydrogen) atoms. The molecule has 0 aliphatic rings. The minimum Gasteiger partial charge on any atom is -0.494 e. The van der Waals surface area contributed by atoms with Gasteiger partial charge in [-0.05, 0) is 68.0 Å². The molecule has 0 bridgehead atoms. The Labute approximate surface area is 197 Å². The maximum Gasteiger partial charge on any atom is 0.262 e. The number of hydrogen-bond donors (Lipinski definition) is 1. The second kappa shape index (κ2) is 10.4. The minimum atomic E-state index is -0.486. The van der Waals surface area contributed by atoms with Gasteiger partial charge in [0.05, 0.1) is 25.1 Å². The zero-order valence-electron chi connectivity index (χ0n) is 19.0. The predicted molar refractivity (Wildman–Crippen MR) is 129 cm³/mol. The Bertz CT molecular complexity index is 1350. The van der Waals surface area contributed by atoms with E-state index in [4.69, 9.17) is 14.3 Å². The van der Waals surface area contributed by atoms with E-state index in [0.29, 0.717) is 23.6 Å². The number of nitrogens with zero attached hydrogens (tertiary/aromatic N) is 3. The Balaban J connectivity index is 1.72. The van der Waals surface area contributed by atoms with Gasteiger partial charge in [0.1, 0.15) is 28.8 Å². The van der Waals surface area contributed by atoms with Crippen LogP contribution in [0, 0.1) is 18.3 Å². The number of aryl methyl sites for hydroxylation is 1. The zero-order chi connectivity index (χ0) is 23.9. The highest BCUT2D eigenvalue weighted by Gasteiger charge is 2.16. The first-order valence-electron chi connectivity index (χ1n) is 10.9. The van der Waals surface area contributed by atoms with Crippen LogP contribution in [0.5, 0.6) is 5.75 Å². The van der Waals surface area contributed by atoms with Crippen molar-refractivity contribution < 1.29 is 13.9 Å². The number of aromatic nitrogens is 2. The fourth-order valence-corrected chi connectivity index (χ4v) is 3.52. The van der Waals surface area contributed by atoms with E-state index in [1.165, 1.54) is 6.26 Å². The largest absolute Gasteiger partial charge is 0.494 e. The number of hydrogen-bond acceptors (Lipinski definition) is 5. The number of para-hydroxylation sites is 1. The third-order valence-electron chi connectivity index (χ3n) is 5.18. The van der Waals surface area contributed by atoms with Gasteiger partial charge in [-0.1, -0.05) is 18.2 Å². The maximum absolute atomic E-state index is 12.7. The summed E-state index contributed by atoms with van der Waals surface area (Å²) in [7, 11) is 0. The fraction of sp³-hybridized carbons (Fsp3) is 0.148. The normalized spacial score (nSPS) is 11.1. The van der Waals surface area contributed by atoms with Crippen LogP contribution in [0.1, 0.15) is 23.8 Å². The second-order valence-corrected chi connectivity index (χ2v) is 7.56. The molecule has 0 radical (unpaired) electrons. The number of carbonyl (C=O) groups is 1. The number of nitrogens with one attached hydrogen (secondary N) is 1. The van der Waals surface area contributed by atoms with Gasteiger partial charge in [-0.2, -0.15) is 10.4 Å². The van der Waals surface area contributed by atoms with Gasteiger partial charge in [-0.3, -0.25) is 4.79 Å². The molecule has 7 nitrogen and oxygen atoms in total. The van der Waals surface area contributed by atoms with Crippen LogP contribution >= 0.6 is 0 Å². The predicted octanol–water partition coefficient (Wildman–Crippen LogP) is 5.06. The molecule has 0 atom stereocenters. The van der Waals surface area contributed by atoms with Crippen molar-refractivity contribution in [1.29, 1.82) is 5.26 Å². The van der Waals surface area contributed by atoms with Gasteiger partial charge in [0.25, 0.3) is 5.91 Å². The summed E-state index contributed by atoms with van der Waals surface area (Å²) in [6, 6.07) is 21.0. The Morgan fingerprint density at radius 1 is 1.21 bits per heavy atom. The summed E-state index contributed by atoms with van der Waals surface area (Å²) in [4.78, 5) is 12.7. The lowest BCUT2D eigenvalue weighted by Gasteiger charge is -2.08. The van der Waals surface area contributed by atoms with Gasteiger partial charge in [0, 0.05) is 17.3 Å². The van der Waals surface area contributed by atoms with Crippen LogP contribution in [0.2, 0.25) is 0 Å². The average Bonchev–Trinajstić information content (AvgIpc) is 3.53. The first-order chi connectivity index (χ1) is 16.6. The number of ether oxygens (including phenoxy) is 1. The standard InChI is InChI=1S/C27H24N4O3/c1-3-33-25-12-11-20(14-19(25)2)26-22(18-31(30-26)23-8-5-4-6-9-23)15-21(16-28)27(32)29-17-24-10-7-13-34-24/h4-15,18H,3,17H2,1-2H3,(H,29,32). The molecule has 2 heterocycles. The van der Waals surface area contributed by atoms with Crippen molar-refractivity contribution in [3.05, 3.63) is 95.6 Å². The van der Waals surface area contributed by atoms with E-state index >= 15 is 0 Å². The molecule has 7 heteroatoms. The van der Waals surface area contributed by atoms with Crippen LogP contribution in [0.25, 0.3) is 23.0 Å². The smallest absolute Gasteiger partial charge is 0.262 e. The SMILES string of the molecule is CCOc1ccc(-c2nn(-c3ccccc3)cc2C=C(C#N)C(=O)NCc2ccco2)cc1C. The number of nitriles is 1. The first-order valence-corrected chi connectivity index (χ1v) is 10.9. The van der Waals surface area contributed by atoms with E-state index in [2.05, 4.69) is 5.32 Å². The van der Waals surface area contributed by atoms with Crippen LogP contribution in [-0.4, -0.2) is 22.3 Å². The molecule has 4 aromatic rings. The van der Waals surface area contributed by atoms with Crippen molar-refractivity contribution in [3.8, 4) is 28.8 Å².